The second-order valence-corrected chi connectivity index (χ2v) is 8.46. The first-order valence-corrected chi connectivity index (χ1v) is 9.75. The van der Waals surface area contributed by atoms with Gasteiger partial charge < -0.3 is 4.42 Å². The zero-order valence-corrected chi connectivity index (χ0v) is 15.3. The summed E-state index contributed by atoms with van der Waals surface area (Å²) in [6, 6.07) is 9.66. The number of rotatable bonds is 6. The van der Waals surface area contributed by atoms with E-state index in [2.05, 4.69) is 4.98 Å². The molecule has 0 aliphatic carbocycles. The minimum atomic E-state index is -3.68. The fourth-order valence-corrected chi connectivity index (χ4v) is 4.05. The molecule has 0 saturated carbocycles. The summed E-state index contributed by atoms with van der Waals surface area (Å²) < 4.78 is 31.9. The third-order valence-electron chi connectivity index (χ3n) is 3.64. The quantitative estimate of drug-likeness (QED) is 0.616. The first kappa shape index (κ1) is 17.5. The Kier molecular flexibility index (Phi) is 4.85. The zero-order valence-electron chi connectivity index (χ0n) is 13.7. The van der Waals surface area contributed by atoms with E-state index < -0.39 is 10.0 Å². The average Bonchev–Trinajstić information content (AvgIpc) is 3.26. The Hall–Kier alpha value is -2.29. The summed E-state index contributed by atoms with van der Waals surface area (Å²) in [7, 11) is -2.20. The van der Waals surface area contributed by atoms with Gasteiger partial charge in [0.15, 0.2) is 5.78 Å². The number of oxazole rings is 1. The zero-order chi connectivity index (χ0) is 18.0. The molecule has 3 rings (SSSR count). The molecule has 0 aliphatic rings. The van der Waals surface area contributed by atoms with E-state index in [0.29, 0.717) is 17.1 Å². The van der Waals surface area contributed by atoms with Gasteiger partial charge in [-0.3, -0.25) is 4.79 Å². The molecule has 2 aromatic heterocycles. The highest BCUT2D eigenvalue weighted by molar-refractivity contribution is 7.89. The molecule has 0 amide bonds. The van der Waals surface area contributed by atoms with Crippen LogP contribution in [0.4, 0.5) is 0 Å². The van der Waals surface area contributed by atoms with Crippen molar-refractivity contribution >= 4 is 27.1 Å². The second-order valence-electron chi connectivity index (χ2n) is 5.46. The molecule has 0 saturated heterocycles. The van der Waals surface area contributed by atoms with Crippen LogP contribution < -0.4 is 0 Å². The van der Waals surface area contributed by atoms with Gasteiger partial charge in [0.1, 0.15) is 6.26 Å². The van der Waals surface area contributed by atoms with Crippen molar-refractivity contribution in [1.82, 2.24) is 9.29 Å². The smallest absolute Gasteiger partial charge is 0.243 e. The summed E-state index contributed by atoms with van der Waals surface area (Å²) in [6.07, 6.45) is 1.46. The first-order chi connectivity index (χ1) is 11.9. The van der Waals surface area contributed by atoms with Crippen LogP contribution in [-0.2, 0) is 16.6 Å². The van der Waals surface area contributed by atoms with Gasteiger partial charge in [0.25, 0.3) is 0 Å². The van der Waals surface area contributed by atoms with E-state index in [1.807, 2.05) is 17.5 Å². The monoisotopic (exact) mass is 376 g/mol. The highest BCUT2D eigenvalue weighted by Crippen LogP contribution is 2.24. The standard InChI is InChI=1S/C17H16N2O4S2/c1-12(20)13-5-7-15(8-6-13)25(21,22)19(2)10-14-11-23-17(18-14)16-4-3-9-24-16/h3-9,11H,10H2,1-2H3. The largest absolute Gasteiger partial charge is 0.444 e. The molecule has 8 heteroatoms. The van der Waals surface area contributed by atoms with Gasteiger partial charge in [-0.05, 0) is 30.5 Å². The molecule has 1 aromatic carbocycles. The van der Waals surface area contributed by atoms with Gasteiger partial charge in [-0.25, -0.2) is 13.4 Å². The lowest BCUT2D eigenvalue weighted by Gasteiger charge is -2.15. The summed E-state index contributed by atoms with van der Waals surface area (Å²) in [4.78, 5) is 16.6. The SMILES string of the molecule is CC(=O)c1ccc(S(=O)(=O)N(C)Cc2coc(-c3cccs3)n2)cc1. The van der Waals surface area contributed by atoms with Crippen molar-refractivity contribution in [2.75, 3.05) is 7.05 Å². The van der Waals surface area contributed by atoms with E-state index in [1.165, 1.54) is 60.1 Å². The van der Waals surface area contributed by atoms with Gasteiger partial charge in [0.05, 0.1) is 22.0 Å². The third-order valence-corrected chi connectivity index (χ3v) is 6.31. The summed E-state index contributed by atoms with van der Waals surface area (Å²) in [5.74, 6) is 0.364. The van der Waals surface area contributed by atoms with Crippen LogP contribution in [0.1, 0.15) is 23.0 Å². The molecule has 0 fully saturated rings. The van der Waals surface area contributed by atoms with Gasteiger partial charge in [0, 0.05) is 12.6 Å². The van der Waals surface area contributed by atoms with Crippen LogP contribution in [0.2, 0.25) is 0 Å². The number of ketones is 1. The van der Waals surface area contributed by atoms with E-state index >= 15 is 0 Å². The summed E-state index contributed by atoms with van der Waals surface area (Å²) in [5, 5.41) is 1.92. The molecule has 0 unspecified atom stereocenters. The van der Waals surface area contributed by atoms with Crippen molar-refractivity contribution in [3.8, 4) is 10.8 Å². The molecule has 3 aromatic rings. The molecule has 25 heavy (non-hydrogen) atoms. The topological polar surface area (TPSA) is 80.5 Å². The van der Waals surface area contributed by atoms with Crippen LogP contribution in [0.5, 0.6) is 0 Å². The Bertz CT molecular complexity index is 974. The van der Waals surface area contributed by atoms with Crippen LogP contribution in [-0.4, -0.2) is 30.5 Å². The van der Waals surface area contributed by atoms with E-state index in [1.54, 1.807) is 0 Å². The van der Waals surface area contributed by atoms with Gasteiger partial charge in [-0.2, -0.15) is 4.31 Å². The molecule has 2 heterocycles. The number of benzene rings is 1. The first-order valence-electron chi connectivity index (χ1n) is 7.43. The number of hydrogen-bond acceptors (Lipinski definition) is 6. The Morgan fingerprint density at radius 2 is 1.96 bits per heavy atom. The lowest BCUT2D eigenvalue weighted by atomic mass is 10.2. The summed E-state index contributed by atoms with van der Waals surface area (Å²) in [6.45, 7) is 1.52. The number of aromatic nitrogens is 1. The Morgan fingerprint density at radius 3 is 2.56 bits per heavy atom. The van der Waals surface area contributed by atoms with E-state index in [-0.39, 0.29) is 17.2 Å². The minimum Gasteiger partial charge on any atom is -0.444 e. The number of carbonyl (C=O) groups excluding carboxylic acids is 1. The van der Waals surface area contributed by atoms with E-state index in [0.717, 1.165) is 4.88 Å². The predicted molar refractivity (Wildman–Crippen MR) is 94.9 cm³/mol. The number of sulfonamides is 1. The van der Waals surface area contributed by atoms with Gasteiger partial charge in [-0.15, -0.1) is 11.3 Å². The number of nitrogens with zero attached hydrogens (tertiary/aromatic N) is 2. The molecule has 0 radical (unpaired) electrons. The van der Waals surface area contributed by atoms with Crippen molar-refractivity contribution in [3.63, 3.8) is 0 Å². The molecule has 0 N–H and O–H groups in total. The Morgan fingerprint density at radius 1 is 1.24 bits per heavy atom. The molecular formula is C17H16N2O4S2. The number of Topliss-reactive ketones (excluding diaryl/α,β-unsaturated/α-hetero) is 1. The summed E-state index contributed by atoms with van der Waals surface area (Å²) in [5.41, 5.74) is 0.994. The van der Waals surface area contributed by atoms with Gasteiger partial charge >= 0.3 is 0 Å². The fourth-order valence-electron chi connectivity index (χ4n) is 2.25. The van der Waals surface area contributed by atoms with E-state index in [4.69, 9.17) is 4.42 Å². The summed E-state index contributed by atoms with van der Waals surface area (Å²) >= 11 is 1.50. The number of thiophene rings is 1. The average molecular weight is 376 g/mol. The van der Waals surface area contributed by atoms with Crippen molar-refractivity contribution in [1.29, 1.82) is 0 Å². The molecular weight excluding hydrogens is 360 g/mol. The van der Waals surface area contributed by atoms with Crippen molar-refractivity contribution < 1.29 is 17.6 Å². The molecule has 130 valence electrons. The minimum absolute atomic E-state index is 0.0890. The van der Waals surface area contributed by atoms with Crippen molar-refractivity contribution in [2.24, 2.45) is 0 Å². The van der Waals surface area contributed by atoms with E-state index in [9.17, 15) is 13.2 Å². The van der Waals surface area contributed by atoms with Gasteiger partial charge in [0.2, 0.25) is 15.9 Å². The highest BCUT2D eigenvalue weighted by atomic mass is 32.2. The number of hydrogen-bond donors (Lipinski definition) is 0. The maximum absolute atomic E-state index is 12.6. The third kappa shape index (κ3) is 3.71. The molecule has 0 aliphatic heterocycles. The lowest BCUT2D eigenvalue weighted by molar-refractivity contribution is 0.101. The van der Waals surface area contributed by atoms with Crippen molar-refractivity contribution in [3.05, 3.63) is 59.3 Å². The van der Waals surface area contributed by atoms with Crippen LogP contribution in [0.15, 0.2) is 57.4 Å². The maximum Gasteiger partial charge on any atom is 0.243 e. The Labute approximate surface area is 149 Å². The highest BCUT2D eigenvalue weighted by Gasteiger charge is 2.22. The van der Waals surface area contributed by atoms with Crippen LogP contribution in [0.3, 0.4) is 0 Å². The van der Waals surface area contributed by atoms with Gasteiger partial charge in [-0.1, -0.05) is 18.2 Å². The molecule has 0 spiro atoms. The molecule has 6 nitrogen and oxygen atoms in total. The lowest BCUT2D eigenvalue weighted by Crippen LogP contribution is -2.26. The fraction of sp³-hybridized carbons (Fsp3) is 0.176. The van der Waals surface area contributed by atoms with Crippen LogP contribution >= 0.6 is 11.3 Å². The van der Waals surface area contributed by atoms with Crippen molar-refractivity contribution in [2.45, 2.75) is 18.4 Å². The van der Waals surface area contributed by atoms with Crippen LogP contribution in [0, 0.1) is 0 Å². The maximum atomic E-state index is 12.6. The number of carbonyl (C=O) groups is 1. The normalized spacial score (nSPS) is 11.8. The molecule has 0 atom stereocenters. The molecule has 0 bridgehead atoms. The second kappa shape index (κ2) is 6.91. The van der Waals surface area contributed by atoms with Crippen LogP contribution in [0.25, 0.3) is 10.8 Å². The predicted octanol–water partition coefficient (Wildman–Crippen LogP) is 3.43. The Balaban J connectivity index is 1.77.